The Labute approximate surface area is 154 Å². The van der Waals surface area contributed by atoms with E-state index < -0.39 is 0 Å². The van der Waals surface area contributed by atoms with Gasteiger partial charge in [-0.2, -0.15) is 5.10 Å². The molecule has 3 aromatic rings. The second-order valence-corrected chi connectivity index (χ2v) is 6.80. The third-order valence-corrected chi connectivity index (χ3v) is 4.99. The van der Waals surface area contributed by atoms with Crippen LogP contribution in [0.15, 0.2) is 41.1 Å². The summed E-state index contributed by atoms with van der Waals surface area (Å²) in [7, 11) is 1.67. The smallest absolute Gasteiger partial charge is 0.160 e. The molecule has 2 aromatic heterocycles. The van der Waals surface area contributed by atoms with Crippen LogP contribution in [0.5, 0.6) is 5.75 Å². The number of aromatic nitrogens is 3. The van der Waals surface area contributed by atoms with Gasteiger partial charge < -0.3 is 14.4 Å². The Hall–Kier alpha value is -2.12. The lowest BCUT2D eigenvalue weighted by Crippen LogP contribution is -2.36. The van der Waals surface area contributed by atoms with Crippen molar-refractivity contribution in [3.8, 4) is 5.75 Å². The van der Waals surface area contributed by atoms with E-state index in [9.17, 15) is 0 Å². The second-order valence-electron chi connectivity index (χ2n) is 5.94. The van der Waals surface area contributed by atoms with Crippen LogP contribution >= 0.6 is 15.9 Å². The maximum Gasteiger partial charge on any atom is 0.160 e. The lowest BCUT2D eigenvalue weighted by molar-refractivity contribution is 0.123. The van der Waals surface area contributed by atoms with E-state index in [1.807, 2.05) is 41.3 Å². The molecule has 1 fully saturated rings. The van der Waals surface area contributed by atoms with E-state index in [1.54, 1.807) is 7.11 Å². The highest BCUT2D eigenvalue weighted by atomic mass is 79.9. The summed E-state index contributed by atoms with van der Waals surface area (Å²) in [6, 6.07) is 8.02. The Morgan fingerprint density at radius 2 is 1.92 bits per heavy atom. The first kappa shape index (κ1) is 16.4. The molecule has 1 aliphatic heterocycles. The van der Waals surface area contributed by atoms with Crippen LogP contribution in [0.25, 0.3) is 11.0 Å². The minimum absolute atomic E-state index is 0.671. The first-order chi connectivity index (χ1) is 12.3. The normalized spacial score (nSPS) is 14.9. The van der Waals surface area contributed by atoms with Crippen molar-refractivity contribution >= 4 is 32.7 Å². The zero-order chi connectivity index (χ0) is 17.2. The fraction of sp³-hybridized carbons (Fsp3) is 0.333. The van der Waals surface area contributed by atoms with E-state index in [-0.39, 0.29) is 0 Å². The fourth-order valence-electron chi connectivity index (χ4n) is 3.12. The van der Waals surface area contributed by atoms with Gasteiger partial charge in [0.25, 0.3) is 0 Å². The number of benzene rings is 1. The van der Waals surface area contributed by atoms with E-state index >= 15 is 0 Å². The van der Waals surface area contributed by atoms with Crippen LogP contribution in [0.3, 0.4) is 0 Å². The second kappa shape index (κ2) is 7.01. The van der Waals surface area contributed by atoms with E-state index in [2.05, 4.69) is 30.9 Å². The van der Waals surface area contributed by atoms with Crippen molar-refractivity contribution in [2.45, 2.75) is 6.54 Å². The number of anilines is 1. The molecule has 1 saturated heterocycles. The maximum absolute atomic E-state index is 5.47. The average Bonchev–Trinajstić information content (AvgIpc) is 3.05. The lowest BCUT2D eigenvalue weighted by atomic mass is 10.2. The van der Waals surface area contributed by atoms with Gasteiger partial charge in [-0.1, -0.05) is 12.1 Å². The molecular weight excluding hydrogens is 384 g/mol. The highest BCUT2D eigenvalue weighted by Crippen LogP contribution is 2.33. The molecule has 0 amide bonds. The van der Waals surface area contributed by atoms with Gasteiger partial charge in [-0.3, -0.25) is 0 Å². The van der Waals surface area contributed by atoms with Gasteiger partial charge in [0.15, 0.2) is 5.65 Å². The Morgan fingerprint density at radius 3 is 2.64 bits per heavy atom. The molecule has 1 aliphatic rings. The van der Waals surface area contributed by atoms with Gasteiger partial charge in [0.1, 0.15) is 5.75 Å². The topological polar surface area (TPSA) is 52.4 Å². The molecule has 130 valence electrons. The van der Waals surface area contributed by atoms with Crippen LogP contribution in [-0.4, -0.2) is 48.2 Å². The Balaban J connectivity index is 1.69. The summed E-state index contributed by atoms with van der Waals surface area (Å²) in [5.41, 5.74) is 3.19. The molecule has 1 aromatic carbocycles. The quantitative estimate of drug-likeness (QED) is 0.670. The number of hydrogen-bond donors (Lipinski definition) is 0. The summed E-state index contributed by atoms with van der Waals surface area (Å²) in [5, 5.41) is 5.63. The van der Waals surface area contributed by atoms with Gasteiger partial charge in [0.2, 0.25) is 0 Å². The summed E-state index contributed by atoms with van der Waals surface area (Å²) >= 11 is 3.65. The molecule has 0 unspecified atom stereocenters. The standard InChI is InChI=1S/C18H19BrN4O2/c1-24-14-4-2-13(3-5-14)12-23-18-15(10-21-23)17(16(19)11-20-18)22-6-8-25-9-7-22/h2-5,10-11H,6-9,12H2,1H3. The molecule has 0 bridgehead atoms. The Morgan fingerprint density at radius 1 is 1.16 bits per heavy atom. The molecule has 0 atom stereocenters. The zero-order valence-electron chi connectivity index (χ0n) is 14.0. The lowest BCUT2D eigenvalue weighted by Gasteiger charge is -2.30. The molecule has 0 aliphatic carbocycles. The molecule has 25 heavy (non-hydrogen) atoms. The molecular formula is C18H19BrN4O2. The van der Waals surface area contributed by atoms with Crippen LogP contribution in [0.4, 0.5) is 5.69 Å². The van der Waals surface area contributed by atoms with Gasteiger partial charge in [-0.15, -0.1) is 0 Å². The van der Waals surface area contributed by atoms with Gasteiger partial charge in [-0.25, -0.2) is 9.67 Å². The Bertz CT molecular complexity index is 873. The van der Waals surface area contributed by atoms with Crippen molar-refractivity contribution in [3.63, 3.8) is 0 Å². The highest BCUT2D eigenvalue weighted by molar-refractivity contribution is 9.10. The largest absolute Gasteiger partial charge is 0.497 e. The van der Waals surface area contributed by atoms with Gasteiger partial charge in [0, 0.05) is 19.3 Å². The van der Waals surface area contributed by atoms with Crippen molar-refractivity contribution in [1.82, 2.24) is 14.8 Å². The van der Waals surface area contributed by atoms with Crippen molar-refractivity contribution in [1.29, 1.82) is 0 Å². The molecule has 0 saturated carbocycles. The number of halogens is 1. The molecule has 0 spiro atoms. The average molecular weight is 403 g/mol. The predicted molar refractivity (Wildman–Crippen MR) is 100 cm³/mol. The highest BCUT2D eigenvalue weighted by Gasteiger charge is 2.19. The number of pyridine rings is 1. The number of nitrogens with zero attached hydrogens (tertiary/aromatic N) is 4. The number of fused-ring (bicyclic) bond motifs is 1. The monoisotopic (exact) mass is 402 g/mol. The summed E-state index contributed by atoms with van der Waals surface area (Å²) in [4.78, 5) is 6.93. The molecule has 0 radical (unpaired) electrons. The van der Waals surface area contributed by atoms with Gasteiger partial charge in [0.05, 0.1) is 48.6 Å². The van der Waals surface area contributed by atoms with Gasteiger partial charge in [-0.05, 0) is 33.6 Å². The first-order valence-electron chi connectivity index (χ1n) is 8.22. The van der Waals surface area contributed by atoms with Crippen LogP contribution in [-0.2, 0) is 11.3 Å². The van der Waals surface area contributed by atoms with E-state index in [0.29, 0.717) is 6.54 Å². The minimum Gasteiger partial charge on any atom is -0.497 e. The summed E-state index contributed by atoms with van der Waals surface area (Å²) in [5.74, 6) is 0.853. The third-order valence-electron chi connectivity index (χ3n) is 4.41. The van der Waals surface area contributed by atoms with Gasteiger partial charge >= 0.3 is 0 Å². The van der Waals surface area contributed by atoms with Crippen molar-refractivity contribution in [2.75, 3.05) is 38.3 Å². The number of hydrogen-bond acceptors (Lipinski definition) is 5. The van der Waals surface area contributed by atoms with Crippen molar-refractivity contribution < 1.29 is 9.47 Å². The molecule has 6 nitrogen and oxygen atoms in total. The molecule has 7 heteroatoms. The van der Waals surface area contributed by atoms with Crippen LogP contribution < -0.4 is 9.64 Å². The minimum atomic E-state index is 0.671. The van der Waals surface area contributed by atoms with Crippen LogP contribution in [0, 0.1) is 0 Å². The summed E-state index contributed by atoms with van der Waals surface area (Å²) in [6.07, 6.45) is 3.76. The maximum atomic E-state index is 5.47. The summed E-state index contributed by atoms with van der Waals surface area (Å²) in [6.45, 7) is 3.92. The van der Waals surface area contributed by atoms with Crippen LogP contribution in [0.1, 0.15) is 5.56 Å². The fourth-order valence-corrected chi connectivity index (χ4v) is 3.68. The molecule has 4 rings (SSSR count). The molecule has 3 heterocycles. The van der Waals surface area contributed by atoms with Crippen molar-refractivity contribution in [2.24, 2.45) is 0 Å². The van der Waals surface area contributed by atoms with Crippen molar-refractivity contribution in [3.05, 3.63) is 46.7 Å². The first-order valence-corrected chi connectivity index (χ1v) is 9.01. The van der Waals surface area contributed by atoms with E-state index in [4.69, 9.17) is 9.47 Å². The van der Waals surface area contributed by atoms with Crippen LogP contribution in [0.2, 0.25) is 0 Å². The number of rotatable bonds is 4. The van der Waals surface area contributed by atoms with E-state index in [0.717, 1.165) is 58.8 Å². The number of morpholine rings is 1. The number of methoxy groups -OCH3 is 1. The van der Waals surface area contributed by atoms with E-state index in [1.165, 1.54) is 0 Å². The number of ether oxygens (including phenoxy) is 2. The third kappa shape index (κ3) is 3.21. The predicted octanol–water partition coefficient (Wildman–Crippen LogP) is 3.09. The summed E-state index contributed by atoms with van der Waals surface area (Å²) < 4.78 is 13.6. The SMILES string of the molecule is COc1ccc(Cn2ncc3c(N4CCOCC4)c(Br)cnc32)cc1. The Kier molecular flexibility index (Phi) is 4.59. The zero-order valence-corrected chi connectivity index (χ0v) is 15.6. The molecule has 0 N–H and O–H groups in total.